The molecular formula is C21H26F3N5O4. The lowest BCUT2D eigenvalue weighted by Crippen LogP contribution is -2.49. The van der Waals surface area contributed by atoms with Crippen LogP contribution in [0.4, 0.5) is 13.2 Å². The van der Waals surface area contributed by atoms with Gasteiger partial charge in [0.25, 0.3) is 5.91 Å². The fraction of sp³-hybridized carbons (Fsp3) is 0.429. The van der Waals surface area contributed by atoms with E-state index in [0.29, 0.717) is 12.2 Å². The average molecular weight is 469 g/mol. The second kappa shape index (κ2) is 10.9. The number of aryl methyl sites for hydroxylation is 2. The minimum atomic E-state index is -5.08. The van der Waals surface area contributed by atoms with Crippen molar-refractivity contribution in [2.75, 3.05) is 19.6 Å². The maximum absolute atomic E-state index is 12.5. The van der Waals surface area contributed by atoms with Crippen LogP contribution in [0.3, 0.4) is 0 Å². The van der Waals surface area contributed by atoms with Crippen LogP contribution < -0.4 is 11.1 Å². The van der Waals surface area contributed by atoms with E-state index in [-0.39, 0.29) is 24.4 Å². The molecule has 1 aliphatic heterocycles. The number of carbonyl (C=O) groups excluding carboxylic acids is 2. The highest BCUT2D eigenvalue weighted by Crippen LogP contribution is 2.23. The number of aromatic nitrogens is 2. The Kier molecular flexibility index (Phi) is 8.57. The van der Waals surface area contributed by atoms with Crippen LogP contribution in [0.5, 0.6) is 0 Å². The number of alkyl halides is 3. The van der Waals surface area contributed by atoms with Crippen molar-refractivity contribution in [1.29, 1.82) is 0 Å². The third-order valence-electron chi connectivity index (χ3n) is 4.94. The molecule has 0 radical (unpaired) electrons. The summed E-state index contributed by atoms with van der Waals surface area (Å²) in [5.74, 6) is -3.28. The molecular weight excluding hydrogens is 443 g/mol. The van der Waals surface area contributed by atoms with E-state index < -0.39 is 12.1 Å². The first-order valence-electron chi connectivity index (χ1n) is 10.1. The molecule has 0 saturated carbocycles. The normalized spacial score (nSPS) is 16.5. The van der Waals surface area contributed by atoms with E-state index in [0.717, 1.165) is 36.2 Å². The predicted molar refractivity (Wildman–Crippen MR) is 113 cm³/mol. The SMILES string of the molecule is Cc1ccc(-c2cc(C(=O)NC3CCCN(CC(N)=O)C3)[nH]n2)c(C)c1.O=C(O)C(F)(F)F. The van der Waals surface area contributed by atoms with Gasteiger partial charge in [-0.15, -0.1) is 0 Å². The number of piperidine rings is 1. The second-order valence-corrected chi connectivity index (χ2v) is 7.80. The monoisotopic (exact) mass is 469 g/mol. The number of hydrogen-bond acceptors (Lipinski definition) is 5. The molecule has 180 valence electrons. The second-order valence-electron chi connectivity index (χ2n) is 7.80. The van der Waals surface area contributed by atoms with Gasteiger partial charge in [-0.1, -0.05) is 23.8 Å². The van der Waals surface area contributed by atoms with E-state index >= 15 is 0 Å². The smallest absolute Gasteiger partial charge is 0.475 e. The number of aliphatic carboxylic acids is 1. The summed E-state index contributed by atoms with van der Waals surface area (Å²) in [7, 11) is 0. The van der Waals surface area contributed by atoms with Gasteiger partial charge in [0.1, 0.15) is 5.69 Å². The molecule has 1 aromatic heterocycles. The van der Waals surface area contributed by atoms with Gasteiger partial charge in [0.2, 0.25) is 5.91 Å². The highest BCUT2D eigenvalue weighted by atomic mass is 19.4. The Morgan fingerprint density at radius 2 is 1.94 bits per heavy atom. The van der Waals surface area contributed by atoms with Gasteiger partial charge < -0.3 is 16.2 Å². The van der Waals surface area contributed by atoms with Crippen molar-refractivity contribution in [3.8, 4) is 11.3 Å². The number of carboxylic acid groups (broad SMARTS) is 1. The van der Waals surface area contributed by atoms with Crippen LogP contribution in [0.1, 0.15) is 34.5 Å². The number of primary amides is 1. The van der Waals surface area contributed by atoms with Crippen LogP contribution in [0.2, 0.25) is 0 Å². The molecule has 9 nitrogen and oxygen atoms in total. The molecule has 1 aromatic carbocycles. The highest BCUT2D eigenvalue weighted by molar-refractivity contribution is 5.93. The Morgan fingerprint density at radius 3 is 2.52 bits per heavy atom. The number of aromatic amines is 1. The number of carboxylic acids is 1. The summed E-state index contributed by atoms with van der Waals surface area (Å²) in [4.78, 5) is 34.5. The van der Waals surface area contributed by atoms with Gasteiger partial charge in [-0.3, -0.25) is 19.6 Å². The van der Waals surface area contributed by atoms with Crippen molar-refractivity contribution < 1.29 is 32.7 Å². The van der Waals surface area contributed by atoms with Crippen LogP contribution in [-0.2, 0) is 9.59 Å². The molecule has 0 aliphatic carbocycles. The molecule has 1 atom stereocenters. The number of nitrogens with two attached hydrogens (primary N) is 1. The Hall–Kier alpha value is -3.41. The molecule has 2 heterocycles. The summed E-state index contributed by atoms with van der Waals surface area (Å²) >= 11 is 0. The molecule has 5 N–H and O–H groups in total. The van der Waals surface area contributed by atoms with E-state index in [2.05, 4.69) is 21.6 Å². The van der Waals surface area contributed by atoms with Crippen LogP contribution in [0.15, 0.2) is 24.3 Å². The maximum Gasteiger partial charge on any atom is 0.490 e. The van der Waals surface area contributed by atoms with Crippen molar-refractivity contribution >= 4 is 17.8 Å². The van der Waals surface area contributed by atoms with Crippen LogP contribution in [-0.4, -0.2) is 69.8 Å². The molecule has 3 rings (SSSR count). The Balaban J connectivity index is 0.000000479. The lowest BCUT2D eigenvalue weighted by Gasteiger charge is -2.32. The van der Waals surface area contributed by atoms with Gasteiger partial charge in [-0.05, 0) is 44.9 Å². The number of likely N-dealkylation sites (tertiary alicyclic amines) is 1. The third kappa shape index (κ3) is 7.90. The van der Waals surface area contributed by atoms with E-state index in [1.165, 1.54) is 5.56 Å². The van der Waals surface area contributed by atoms with Gasteiger partial charge in [0.05, 0.1) is 12.2 Å². The number of nitrogens with zero attached hydrogens (tertiary/aromatic N) is 2. The third-order valence-corrected chi connectivity index (χ3v) is 4.94. The van der Waals surface area contributed by atoms with Gasteiger partial charge in [0.15, 0.2) is 0 Å². The van der Waals surface area contributed by atoms with Gasteiger partial charge in [-0.2, -0.15) is 18.3 Å². The largest absolute Gasteiger partial charge is 0.490 e. The van der Waals surface area contributed by atoms with Crippen molar-refractivity contribution in [3.05, 3.63) is 41.1 Å². The van der Waals surface area contributed by atoms with E-state index in [4.69, 9.17) is 15.6 Å². The Bertz CT molecular complexity index is 1010. The maximum atomic E-state index is 12.5. The summed E-state index contributed by atoms with van der Waals surface area (Å²) < 4.78 is 31.7. The summed E-state index contributed by atoms with van der Waals surface area (Å²) in [5.41, 5.74) is 9.78. The standard InChI is InChI=1S/C19H25N5O2.C2HF3O2/c1-12-5-6-15(13(2)8-12)16-9-17(23-22-16)19(26)21-14-4-3-7-24(10-14)11-18(20)25;3-2(4,5)1(6)7/h5-6,8-9,14H,3-4,7,10-11H2,1-2H3,(H2,20,25)(H,21,26)(H,22,23);(H,6,7). The molecule has 1 aliphatic rings. The van der Waals surface area contributed by atoms with Crippen LogP contribution >= 0.6 is 0 Å². The zero-order valence-corrected chi connectivity index (χ0v) is 18.2. The zero-order chi connectivity index (χ0) is 24.8. The average Bonchev–Trinajstić information content (AvgIpc) is 3.17. The molecule has 12 heteroatoms. The number of H-pyrrole nitrogens is 1. The Labute approximate surface area is 188 Å². The minimum Gasteiger partial charge on any atom is -0.475 e. The van der Waals surface area contributed by atoms with Crippen molar-refractivity contribution in [1.82, 2.24) is 20.4 Å². The topological polar surface area (TPSA) is 141 Å². The lowest BCUT2D eigenvalue weighted by atomic mass is 10.0. The first-order chi connectivity index (χ1) is 15.4. The molecule has 33 heavy (non-hydrogen) atoms. The molecule has 1 fully saturated rings. The van der Waals surface area contributed by atoms with Crippen molar-refractivity contribution in [2.45, 2.75) is 38.9 Å². The number of halogens is 3. The molecule has 1 unspecified atom stereocenters. The van der Waals surface area contributed by atoms with E-state index in [1.54, 1.807) is 6.07 Å². The molecule has 1 saturated heterocycles. The van der Waals surface area contributed by atoms with Crippen molar-refractivity contribution in [3.63, 3.8) is 0 Å². The summed E-state index contributed by atoms with van der Waals surface area (Å²) in [6.45, 7) is 5.77. The highest BCUT2D eigenvalue weighted by Gasteiger charge is 2.38. The lowest BCUT2D eigenvalue weighted by molar-refractivity contribution is -0.192. The Morgan fingerprint density at radius 1 is 1.27 bits per heavy atom. The minimum absolute atomic E-state index is 0.00320. The first kappa shape index (κ1) is 25.8. The number of rotatable bonds is 5. The number of benzene rings is 1. The predicted octanol–water partition coefficient (Wildman–Crippen LogP) is 2.01. The summed E-state index contributed by atoms with van der Waals surface area (Å²) in [5, 5.41) is 17.3. The van der Waals surface area contributed by atoms with Gasteiger partial charge in [0, 0.05) is 18.2 Å². The molecule has 0 bridgehead atoms. The fourth-order valence-corrected chi connectivity index (χ4v) is 3.48. The fourth-order valence-electron chi connectivity index (χ4n) is 3.48. The van der Waals surface area contributed by atoms with Gasteiger partial charge in [-0.25, -0.2) is 4.79 Å². The quantitative estimate of drug-likeness (QED) is 0.528. The van der Waals surface area contributed by atoms with E-state index in [1.807, 2.05) is 30.9 Å². The van der Waals surface area contributed by atoms with E-state index in [9.17, 15) is 22.8 Å². The molecule has 0 spiro atoms. The van der Waals surface area contributed by atoms with Crippen LogP contribution in [0, 0.1) is 13.8 Å². The van der Waals surface area contributed by atoms with Crippen molar-refractivity contribution in [2.24, 2.45) is 5.73 Å². The summed E-state index contributed by atoms with van der Waals surface area (Å²) in [6, 6.07) is 7.93. The van der Waals surface area contributed by atoms with Crippen LogP contribution in [0.25, 0.3) is 11.3 Å². The molecule has 2 amide bonds. The number of nitrogens with one attached hydrogen (secondary N) is 2. The zero-order valence-electron chi connectivity index (χ0n) is 18.2. The number of amides is 2. The summed E-state index contributed by atoms with van der Waals surface area (Å²) in [6.07, 6.45) is -3.27. The number of hydrogen-bond donors (Lipinski definition) is 4. The molecule has 2 aromatic rings. The first-order valence-corrected chi connectivity index (χ1v) is 10.1. The number of carbonyl (C=O) groups is 3. The van der Waals surface area contributed by atoms with Gasteiger partial charge >= 0.3 is 12.1 Å².